The van der Waals surface area contributed by atoms with Crippen molar-refractivity contribution >= 4 is 35.0 Å². The van der Waals surface area contributed by atoms with Crippen molar-refractivity contribution < 1.29 is 28.3 Å². The van der Waals surface area contributed by atoms with E-state index >= 15 is 0 Å². The minimum absolute atomic E-state index is 0.159. The molecule has 0 aliphatic carbocycles. The molecule has 0 saturated carbocycles. The maximum Gasteiger partial charge on any atom is 0.337 e. The van der Waals surface area contributed by atoms with Gasteiger partial charge in [0, 0.05) is 11.6 Å². The van der Waals surface area contributed by atoms with Gasteiger partial charge in [0.25, 0.3) is 11.1 Å². The Morgan fingerprint density at radius 2 is 1.76 bits per heavy atom. The lowest BCUT2D eigenvalue weighted by Gasteiger charge is -2.13. The molecular formula is C25H21NO6S. The zero-order chi connectivity index (χ0) is 23.4. The van der Waals surface area contributed by atoms with Crippen LogP contribution in [0.15, 0.2) is 70.0 Å². The van der Waals surface area contributed by atoms with Crippen LogP contribution in [-0.2, 0) is 9.53 Å². The highest BCUT2D eigenvalue weighted by Crippen LogP contribution is 2.33. The minimum Gasteiger partial charge on any atom is -0.492 e. The number of esters is 1. The van der Waals surface area contributed by atoms with Crippen LogP contribution in [0.2, 0.25) is 0 Å². The van der Waals surface area contributed by atoms with E-state index in [1.165, 1.54) is 12.0 Å². The third kappa shape index (κ3) is 5.18. The summed E-state index contributed by atoms with van der Waals surface area (Å²) in [4.78, 5) is 38.0. The SMILES string of the molecule is COC(=O)c1ccc(-c2ccc(/C=C3\SC(=O)N(CCOc4ccc(C)cc4)C3=O)o2)cc1. The standard InChI is InChI=1S/C25H21NO6S/c1-16-3-9-19(10-4-16)31-14-13-26-23(27)22(33-25(26)29)15-20-11-12-21(32-20)17-5-7-18(8-6-17)24(28)30-2/h3-12,15H,13-14H2,1-2H3/b22-15-. The zero-order valence-electron chi connectivity index (χ0n) is 18.1. The fourth-order valence-electron chi connectivity index (χ4n) is 3.19. The molecule has 2 aromatic carbocycles. The molecule has 7 nitrogen and oxygen atoms in total. The average molecular weight is 464 g/mol. The Morgan fingerprint density at radius 3 is 2.45 bits per heavy atom. The first-order valence-electron chi connectivity index (χ1n) is 10.2. The van der Waals surface area contributed by atoms with Crippen molar-refractivity contribution in [1.29, 1.82) is 0 Å². The lowest BCUT2D eigenvalue weighted by atomic mass is 10.1. The molecule has 1 fully saturated rings. The lowest BCUT2D eigenvalue weighted by molar-refractivity contribution is -0.123. The molecule has 2 amide bonds. The third-order valence-electron chi connectivity index (χ3n) is 4.97. The summed E-state index contributed by atoms with van der Waals surface area (Å²) in [6, 6.07) is 17.8. The van der Waals surface area contributed by atoms with E-state index < -0.39 is 5.97 Å². The third-order valence-corrected chi connectivity index (χ3v) is 5.88. The van der Waals surface area contributed by atoms with Gasteiger partial charge in [-0.3, -0.25) is 14.5 Å². The number of imide groups is 1. The van der Waals surface area contributed by atoms with Crippen LogP contribution in [-0.4, -0.2) is 42.3 Å². The molecule has 33 heavy (non-hydrogen) atoms. The van der Waals surface area contributed by atoms with Crippen molar-refractivity contribution in [2.75, 3.05) is 20.3 Å². The molecule has 0 N–H and O–H groups in total. The van der Waals surface area contributed by atoms with Crippen LogP contribution in [0.5, 0.6) is 5.75 Å². The van der Waals surface area contributed by atoms with Gasteiger partial charge in [0.15, 0.2) is 0 Å². The number of hydrogen-bond donors (Lipinski definition) is 0. The van der Waals surface area contributed by atoms with E-state index in [-0.39, 0.29) is 29.2 Å². The quantitative estimate of drug-likeness (QED) is 0.353. The van der Waals surface area contributed by atoms with Gasteiger partial charge in [-0.2, -0.15) is 0 Å². The number of aryl methyl sites for hydroxylation is 1. The highest BCUT2D eigenvalue weighted by Gasteiger charge is 2.35. The van der Waals surface area contributed by atoms with Crippen LogP contribution in [0, 0.1) is 6.92 Å². The molecule has 3 aromatic rings. The van der Waals surface area contributed by atoms with Gasteiger partial charge in [-0.25, -0.2) is 4.79 Å². The molecule has 168 valence electrons. The zero-order valence-corrected chi connectivity index (χ0v) is 18.9. The number of ether oxygens (including phenoxy) is 2. The molecule has 4 rings (SSSR count). The molecular weight excluding hydrogens is 442 g/mol. The van der Waals surface area contributed by atoms with Gasteiger partial charge in [0.1, 0.15) is 23.9 Å². The number of rotatable bonds is 7. The number of furan rings is 1. The summed E-state index contributed by atoms with van der Waals surface area (Å²) in [7, 11) is 1.33. The van der Waals surface area contributed by atoms with Crippen molar-refractivity contribution in [3.05, 3.63) is 82.5 Å². The molecule has 0 atom stereocenters. The second kappa shape index (κ2) is 9.79. The van der Waals surface area contributed by atoms with Crippen LogP contribution in [0.3, 0.4) is 0 Å². The van der Waals surface area contributed by atoms with Crippen LogP contribution in [0.4, 0.5) is 4.79 Å². The maximum atomic E-state index is 12.7. The first-order chi connectivity index (χ1) is 15.9. The smallest absolute Gasteiger partial charge is 0.337 e. The molecule has 0 bridgehead atoms. The first kappa shape index (κ1) is 22.4. The van der Waals surface area contributed by atoms with E-state index in [4.69, 9.17) is 13.9 Å². The van der Waals surface area contributed by atoms with Gasteiger partial charge in [-0.15, -0.1) is 0 Å². The Morgan fingerprint density at radius 1 is 1.03 bits per heavy atom. The van der Waals surface area contributed by atoms with Gasteiger partial charge in [-0.1, -0.05) is 29.8 Å². The second-order valence-corrected chi connectivity index (χ2v) is 8.26. The van der Waals surface area contributed by atoms with Gasteiger partial charge in [0.2, 0.25) is 0 Å². The Hall–Kier alpha value is -3.78. The molecule has 2 heterocycles. The van der Waals surface area contributed by atoms with Gasteiger partial charge in [-0.05, 0) is 55.1 Å². The summed E-state index contributed by atoms with van der Waals surface area (Å²) in [5, 5.41) is -0.344. The van der Waals surface area contributed by atoms with Crippen LogP contribution in [0.25, 0.3) is 17.4 Å². The molecule has 1 aliphatic heterocycles. The fraction of sp³-hybridized carbons (Fsp3) is 0.160. The normalized spacial score (nSPS) is 14.7. The van der Waals surface area contributed by atoms with E-state index in [1.807, 2.05) is 31.2 Å². The summed E-state index contributed by atoms with van der Waals surface area (Å²) in [6.45, 7) is 2.35. The van der Waals surface area contributed by atoms with Crippen molar-refractivity contribution in [1.82, 2.24) is 4.90 Å². The minimum atomic E-state index is -0.415. The average Bonchev–Trinajstić information content (AvgIpc) is 3.40. The van der Waals surface area contributed by atoms with E-state index in [0.717, 1.165) is 22.9 Å². The summed E-state index contributed by atoms with van der Waals surface area (Å²) >= 11 is 0.869. The van der Waals surface area contributed by atoms with Crippen LogP contribution >= 0.6 is 11.8 Å². The molecule has 0 unspecified atom stereocenters. The highest BCUT2D eigenvalue weighted by atomic mass is 32.2. The number of methoxy groups -OCH3 is 1. The van der Waals surface area contributed by atoms with Gasteiger partial charge < -0.3 is 13.9 Å². The lowest BCUT2D eigenvalue weighted by Crippen LogP contribution is -2.32. The van der Waals surface area contributed by atoms with Crippen molar-refractivity contribution in [3.63, 3.8) is 0 Å². The summed E-state index contributed by atoms with van der Waals surface area (Å²) in [6.07, 6.45) is 1.55. The van der Waals surface area contributed by atoms with Gasteiger partial charge >= 0.3 is 5.97 Å². The predicted molar refractivity (Wildman–Crippen MR) is 125 cm³/mol. The summed E-state index contributed by atoms with van der Waals surface area (Å²) in [5.41, 5.74) is 2.33. The van der Waals surface area contributed by atoms with Crippen LogP contribution < -0.4 is 4.74 Å². The van der Waals surface area contributed by atoms with E-state index in [1.54, 1.807) is 42.5 Å². The first-order valence-corrected chi connectivity index (χ1v) is 11.0. The van der Waals surface area contributed by atoms with Crippen molar-refractivity contribution in [2.45, 2.75) is 6.92 Å². The number of thioether (sulfide) groups is 1. The van der Waals surface area contributed by atoms with Crippen molar-refractivity contribution in [2.24, 2.45) is 0 Å². The fourth-order valence-corrected chi connectivity index (χ4v) is 4.03. The Balaban J connectivity index is 1.39. The number of carbonyl (C=O) groups excluding carboxylic acids is 3. The Labute approximate surface area is 195 Å². The highest BCUT2D eigenvalue weighted by molar-refractivity contribution is 8.18. The maximum absolute atomic E-state index is 12.7. The van der Waals surface area contributed by atoms with Crippen molar-refractivity contribution in [3.8, 4) is 17.1 Å². The number of benzene rings is 2. The molecule has 8 heteroatoms. The molecule has 0 radical (unpaired) electrons. The number of hydrogen-bond acceptors (Lipinski definition) is 7. The second-order valence-electron chi connectivity index (χ2n) is 7.27. The van der Waals surface area contributed by atoms with E-state index in [9.17, 15) is 14.4 Å². The van der Waals surface area contributed by atoms with E-state index in [2.05, 4.69) is 0 Å². The Kier molecular flexibility index (Phi) is 6.65. The molecule has 1 saturated heterocycles. The topological polar surface area (TPSA) is 86.0 Å². The molecule has 1 aromatic heterocycles. The predicted octanol–water partition coefficient (Wildman–Crippen LogP) is 5.16. The summed E-state index contributed by atoms with van der Waals surface area (Å²) in [5.74, 6) is 0.914. The number of nitrogens with zero attached hydrogens (tertiary/aromatic N) is 1. The monoisotopic (exact) mass is 463 g/mol. The van der Waals surface area contributed by atoms with Crippen LogP contribution in [0.1, 0.15) is 21.7 Å². The summed E-state index contributed by atoms with van der Waals surface area (Å²) < 4.78 is 16.1. The van der Waals surface area contributed by atoms with Gasteiger partial charge in [0.05, 0.1) is 24.1 Å². The number of amides is 2. The Bertz CT molecular complexity index is 1210. The molecule has 1 aliphatic rings. The largest absolute Gasteiger partial charge is 0.492 e. The molecule has 0 spiro atoms. The number of carbonyl (C=O) groups is 3. The van der Waals surface area contributed by atoms with E-state index in [0.29, 0.717) is 22.8 Å².